The smallest absolute Gasteiger partial charge is 0.256 e. The van der Waals surface area contributed by atoms with E-state index in [0.29, 0.717) is 0 Å². The van der Waals surface area contributed by atoms with Crippen molar-refractivity contribution < 1.29 is 14.2 Å². The Hall–Kier alpha value is -15.8. The van der Waals surface area contributed by atoms with Crippen LogP contribution in [0.15, 0.2) is 437 Å². The van der Waals surface area contributed by atoms with E-state index in [1.807, 2.05) is 0 Å². The van der Waals surface area contributed by atoms with E-state index in [1.54, 1.807) is 0 Å². The third-order valence-corrected chi connectivity index (χ3v) is 24.6. The van der Waals surface area contributed by atoms with Gasteiger partial charge in [0.05, 0.1) is 17.1 Å². The molecule has 18 aromatic carbocycles. The zero-order valence-corrected chi connectivity index (χ0v) is 65.7. The first-order valence-electron chi connectivity index (χ1n) is 41.4. The number of nitrogens with zero attached hydrogens (tertiary/aromatic N) is 7. The molecule has 10 nitrogen and oxygen atoms in total. The van der Waals surface area contributed by atoms with Gasteiger partial charge in [-0.3, -0.25) is 0 Å². The van der Waals surface area contributed by atoms with Crippen LogP contribution in [0.3, 0.4) is 0 Å². The Bertz CT molecular complexity index is 6120. The van der Waals surface area contributed by atoms with Crippen molar-refractivity contribution in [3.05, 3.63) is 437 Å². The maximum Gasteiger partial charge on any atom is 0.256 e. The summed E-state index contributed by atoms with van der Waals surface area (Å²) in [7, 11) is 0. The molecule has 6 heterocycles. The Labute approximate surface area is 703 Å². The number of para-hydroxylation sites is 12. The van der Waals surface area contributed by atoms with E-state index >= 15 is 0 Å². The van der Waals surface area contributed by atoms with Gasteiger partial charge in [0.1, 0.15) is 34.5 Å². The first-order chi connectivity index (χ1) is 60.1. The molecule has 13 heteroatoms. The van der Waals surface area contributed by atoms with E-state index in [-0.39, 0.29) is 0 Å². The molecular weight excluding hydrogens is 1480 g/mol. The number of rotatable bonds is 18. The first-order valence-corrected chi connectivity index (χ1v) is 41.4. The molecule has 0 fully saturated rings. The molecule has 6 aliphatic rings. The van der Waals surface area contributed by atoms with Gasteiger partial charge < -0.3 is 48.5 Å². The highest BCUT2D eigenvalue weighted by Crippen LogP contribution is 2.57. The lowest BCUT2D eigenvalue weighted by molar-refractivity contribution is 0.487. The summed E-state index contributed by atoms with van der Waals surface area (Å²) in [6.45, 7) is -1.57. The summed E-state index contributed by atoms with van der Waals surface area (Å²) in [4.78, 5) is 17.1. The van der Waals surface area contributed by atoms with Gasteiger partial charge in [0, 0.05) is 102 Å². The normalized spacial score (nSPS) is 12.6. The number of anilines is 21. The zero-order chi connectivity index (χ0) is 79.6. The van der Waals surface area contributed by atoms with Crippen LogP contribution in [0, 0.1) is 0 Å². The first kappa shape index (κ1) is 69.5. The summed E-state index contributed by atoms with van der Waals surface area (Å²) in [5.41, 5.74) is 30.2. The van der Waals surface area contributed by atoms with Crippen molar-refractivity contribution in [1.82, 2.24) is 0 Å². The van der Waals surface area contributed by atoms with Gasteiger partial charge in [-0.1, -0.05) is 218 Å². The molecule has 24 rings (SSSR count). The SMILES string of the molecule is c1ccc(N(c2ccccc2)c2ccc3c(c2)B2c4cc(N(c5ccccc5)c5ccccc5)c5c6c4N4c7c(cc(N(c8ccccc8)c8ccccc8)c(c72)O3)B2c3cc(N(c7ccccc7)c7ccccc7)ccc3Oc3c(N(c7ccccc7)c7ccccc7)cc(c4c32)B6c2cc(N(c3ccccc3)c3ccccc3)ccc2O5)cc1. The van der Waals surface area contributed by atoms with Crippen LogP contribution >= 0.6 is 0 Å². The monoisotopic (exact) mass is 1550 g/mol. The average Bonchev–Trinajstić information content (AvgIpc) is 0.650. The molecule has 0 spiro atoms. The molecule has 0 saturated carbocycles. The van der Waals surface area contributed by atoms with Crippen molar-refractivity contribution in [2.24, 2.45) is 0 Å². The van der Waals surface area contributed by atoms with Crippen molar-refractivity contribution in [3.8, 4) is 34.5 Å². The summed E-state index contributed by atoms with van der Waals surface area (Å²) < 4.78 is 24.6. The Morgan fingerprint density at radius 3 is 0.521 bits per heavy atom. The molecule has 0 aromatic heterocycles. The molecule has 0 unspecified atom stereocenters. The maximum atomic E-state index is 8.20. The number of hydrogen-bond donors (Lipinski definition) is 0. The van der Waals surface area contributed by atoms with Crippen molar-refractivity contribution >= 4 is 189 Å². The number of ether oxygens (including phenoxy) is 3. The second-order valence-electron chi connectivity index (χ2n) is 31.4. The molecular formula is C108H72B3N7O3. The lowest BCUT2D eigenvalue weighted by Gasteiger charge is -2.53. The molecule has 0 saturated heterocycles. The van der Waals surface area contributed by atoms with E-state index in [1.165, 1.54) is 0 Å². The molecule has 6 aliphatic heterocycles. The van der Waals surface area contributed by atoms with Crippen LogP contribution in [0.1, 0.15) is 0 Å². The van der Waals surface area contributed by atoms with Crippen LogP contribution in [0.2, 0.25) is 0 Å². The standard InChI is InChI=1S/C108H72B3N7O3/c1-13-37-73(38-14-1)112(74-39-15-2-16-40-74)85-61-64-97-88(67-85)109-91-70-94(115(79-49-25-7-26-50-79)80-51-27-8-28-52-80)107-101-103(91)118-104-92(71-95(106(119-97)100(104)109)116(81-53-29-9-30-54-81)82-55-31-10-32-56-82)110-89-68-86(113(75-41-17-3-18-42-75)76-43-19-4-20-44-76)62-65-98(89)121-108-96(117(83-57-33-11-34-58-83)84-59-35-12-36-60-84)72-93(105(118)102(108)110)111(101)90-69-87(63-66-99(90)120-107)114(77-45-21-5-22-46-77)78-47-23-6-24-48-78/h1-72H. The van der Waals surface area contributed by atoms with Crippen LogP contribution < -0.4 is 97.7 Å². The van der Waals surface area contributed by atoms with Gasteiger partial charge >= 0.3 is 0 Å². The minimum atomic E-state index is -0.524. The van der Waals surface area contributed by atoms with E-state index in [0.717, 1.165) is 203 Å². The van der Waals surface area contributed by atoms with E-state index in [2.05, 4.69) is 471 Å². The van der Waals surface area contributed by atoms with Gasteiger partial charge in [0.2, 0.25) is 0 Å². The molecule has 18 aromatic rings. The zero-order valence-electron chi connectivity index (χ0n) is 65.7. The number of hydrogen-bond acceptors (Lipinski definition) is 10. The fourth-order valence-corrected chi connectivity index (χ4v) is 19.7. The largest absolute Gasteiger partial charge is 0.456 e. The van der Waals surface area contributed by atoms with Crippen LogP contribution in [0.5, 0.6) is 34.5 Å². The Morgan fingerprint density at radius 2 is 0.339 bits per heavy atom. The van der Waals surface area contributed by atoms with E-state index in [4.69, 9.17) is 14.2 Å². The summed E-state index contributed by atoms with van der Waals surface area (Å²) in [6, 6.07) is 158. The second-order valence-corrected chi connectivity index (χ2v) is 31.4. The predicted molar refractivity (Wildman–Crippen MR) is 503 cm³/mol. The lowest BCUT2D eigenvalue weighted by atomic mass is 9.25. The second kappa shape index (κ2) is 28.5. The molecule has 0 radical (unpaired) electrons. The summed E-state index contributed by atoms with van der Waals surface area (Å²) in [5, 5.41) is 0. The number of fused-ring (bicyclic) bond motifs is 9. The van der Waals surface area contributed by atoms with Crippen LogP contribution in [0.4, 0.5) is 119 Å². The van der Waals surface area contributed by atoms with Crippen molar-refractivity contribution in [3.63, 3.8) is 0 Å². The molecule has 566 valence electrons. The quantitative estimate of drug-likeness (QED) is 0.0777. The molecule has 0 N–H and O–H groups in total. The lowest BCUT2D eigenvalue weighted by Crippen LogP contribution is -2.73. The molecule has 0 bridgehead atoms. The van der Waals surface area contributed by atoms with Crippen LogP contribution in [-0.4, -0.2) is 20.1 Å². The minimum absolute atomic E-state index is 0.524. The Kier molecular flexibility index (Phi) is 16.4. The third kappa shape index (κ3) is 11.2. The average molecular weight is 1550 g/mol. The molecule has 0 atom stereocenters. The van der Waals surface area contributed by atoms with E-state index in [9.17, 15) is 0 Å². The molecule has 0 amide bonds. The highest BCUT2D eigenvalue weighted by Gasteiger charge is 2.58. The van der Waals surface area contributed by atoms with Crippen molar-refractivity contribution in [1.29, 1.82) is 0 Å². The Morgan fingerprint density at radius 1 is 0.165 bits per heavy atom. The van der Waals surface area contributed by atoms with Crippen molar-refractivity contribution in [2.75, 3.05) is 34.3 Å². The molecule has 0 aliphatic carbocycles. The number of benzene rings is 18. The van der Waals surface area contributed by atoms with E-state index < -0.39 is 20.1 Å². The fraction of sp³-hybridized carbons (Fsp3) is 0. The van der Waals surface area contributed by atoms with Gasteiger partial charge in [-0.2, -0.15) is 0 Å². The summed E-state index contributed by atoms with van der Waals surface area (Å²) in [6.07, 6.45) is 0. The highest BCUT2D eigenvalue weighted by molar-refractivity contribution is 7.08. The minimum Gasteiger partial charge on any atom is -0.456 e. The van der Waals surface area contributed by atoms with Gasteiger partial charge in [0.15, 0.2) is 0 Å². The van der Waals surface area contributed by atoms with Gasteiger partial charge in [-0.25, -0.2) is 0 Å². The third-order valence-electron chi connectivity index (χ3n) is 24.6. The van der Waals surface area contributed by atoms with Crippen LogP contribution in [-0.2, 0) is 0 Å². The highest BCUT2D eigenvalue weighted by atomic mass is 16.5. The van der Waals surface area contributed by atoms with Gasteiger partial charge in [0.25, 0.3) is 20.1 Å². The van der Waals surface area contributed by atoms with Crippen molar-refractivity contribution in [2.45, 2.75) is 0 Å². The van der Waals surface area contributed by atoms with Gasteiger partial charge in [-0.15, -0.1) is 0 Å². The summed E-state index contributed by atoms with van der Waals surface area (Å²) in [5.74, 6) is 4.52. The summed E-state index contributed by atoms with van der Waals surface area (Å²) >= 11 is 0. The predicted octanol–water partition coefficient (Wildman–Crippen LogP) is 22.8. The van der Waals surface area contributed by atoms with Gasteiger partial charge in [-0.05, 0) is 268 Å². The maximum absolute atomic E-state index is 8.20. The molecule has 121 heavy (non-hydrogen) atoms. The fourth-order valence-electron chi connectivity index (χ4n) is 19.7. The van der Waals surface area contributed by atoms with Crippen LogP contribution in [0.25, 0.3) is 0 Å². The Balaban J connectivity index is 0.893. The topological polar surface area (TPSA) is 50.4 Å².